The molecule has 0 saturated heterocycles. The van der Waals surface area contributed by atoms with Crippen molar-refractivity contribution in [3.05, 3.63) is 70.5 Å². The summed E-state index contributed by atoms with van der Waals surface area (Å²) in [4.78, 5) is 17.6. The predicted molar refractivity (Wildman–Crippen MR) is 105 cm³/mol. The van der Waals surface area contributed by atoms with Crippen LogP contribution in [0.4, 0.5) is 5.69 Å². The molecule has 2 aromatic carbocycles. The quantitative estimate of drug-likeness (QED) is 0.400. The molecule has 1 saturated carbocycles. The van der Waals surface area contributed by atoms with E-state index in [-0.39, 0.29) is 10.6 Å². The van der Waals surface area contributed by atoms with E-state index in [4.69, 9.17) is 4.98 Å². The zero-order chi connectivity index (χ0) is 17.9. The molecule has 0 spiro atoms. The lowest BCUT2D eigenvalue weighted by Gasteiger charge is -2.24. The SMILES string of the molecule is O=[N+]([O-])c1ccc(Sc2c(C3CCCCC3)ncc3ccccc23)cc1. The Morgan fingerprint density at radius 1 is 1.00 bits per heavy atom. The number of hydrogen-bond donors (Lipinski definition) is 0. The molecule has 1 fully saturated rings. The first-order valence-corrected chi connectivity index (χ1v) is 9.84. The van der Waals surface area contributed by atoms with Crippen molar-refractivity contribution < 1.29 is 4.92 Å². The maximum absolute atomic E-state index is 10.9. The zero-order valence-electron chi connectivity index (χ0n) is 14.4. The van der Waals surface area contributed by atoms with Crippen molar-refractivity contribution in [2.24, 2.45) is 0 Å². The van der Waals surface area contributed by atoms with E-state index < -0.39 is 0 Å². The molecule has 4 rings (SSSR count). The molecular formula is C21H20N2O2S. The molecule has 1 aliphatic carbocycles. The molecule has 0 N–H and O–H groups in total. The standard InChI is InChI=1S/C21H20N2O2S/c24-23(25)17-10-12-18(13-11-17)26-21-19-9-5-4-8-16(19)14-22-20(21)15-6-2-1-3-7-15/h4-5,8-15H,1-3,6-7H2. The molecule has 5 heteroatoms. The molecule has 0 radical (unpaired) electrons. The van der Waals surface area contributed by atoms with Gasteiger partial charge in [-0.25, -0.2) is 0 Å². The second-order valence-electron chi connectivity index (χ2n) is 6.75. The summed E-state index contributed by atoms with van der Waals surface area (Å²) in [6, 6.07) is 15.1. The summed E-state index contributed by atoms with van der Waals surface area (Å²) < 4.78 is 0. The van der Waals surface area contributed by atoms with Crippen molar-refractivity contribution in [3.8, 4) is 0 Å². The zero-order valence-corrected chi connectivity index (χ0v) is 15.2. The monoisotopic (exact) mass is 364 g/mol. The van der Waals surface area contributed by atoms with Crippen molar-refractivity contribution in [2.75, 3.05) is 0 Å². The van der Waals surface area contributed by atoms with Crippen LogP contribution < -0.4 is 0 Å². The Morgan fingerprint density at radius 2 is 1.73 bits per heavy atom. The minimum atomic E-state index is -0.360. The maximum atomic E-state index is 10.9. The molecule has 0 amide bonds. The number of pyridine rings is 1. The topological polar surface area (TPSA) is 56.0 Å². The predicted octanol–water partition coefficient (Wildman–Crippen LogP) is 6.34. The van der Waals surface area contributed by atoms with Crippen LogP contribution in [0.15, 0.2) is 64.5 Å². The van der Waals surface area contributed by atoms with Gasteiger partial charge >= 0.3 is 0 Å². The average Bonchev–Trinajstić information content (AvgIpc) is 2.69. The van der Waals surface area contributed by atoms with Gasteiger partial charge in [0.25, 0.3) is 5.69 Å². The van der Waals surface area contributed by atoms with Gasteiger partial charge in [0.2, 0.25) is 0 Å². The summed E-state index contributed by atoms with van der Waals surface area (Å²) >= 11 is 1.67. The van der Waals surface area contributed by atoms with Gasteiger partial charge < -0.3 is 0 Å². The van der Waals surface area contributed by atoms with Gasteiger partial charge in [-0.3, -0.25) is 15.1 Å². The largest absolute Gasteiger partial charge is 0.269 e. The molecule has 0 atom stereocenters. The van der Waals surface area contributed by atoms with Crippen LogP contribution in [0.3, 0.4) is 0 Å². The first kappa shape index (κ1) is 17.0. The van der Waals surface area contributed by atoms with Crippen LogP contribution in [0, 0.1) is 10.1 Å². The second-order valence-corrected chi connectivity index (χ2v) is 7.83. The number of aromatic nitrogens is 1. The van der Waals surface area contributed by atoms with Crippen LogP contribution in [-0.4, -0.2) is 9.91 Å². The molecule has 1 aromatic heterocycles. The van der Waals surface area contributed by atoms with Crippen molar-refractivity contribution in [3.63, 3.8) is 0 Å². The minimum absolute atomic E-state index is 0.123. The van der Waals surface area contributed by atoms with E-state index in [9.17, 15) is 10.1 Å². The van der Waals surface area contributed by atoms with E-state index in [2.05, 4.69) is 18.2 Å². The van der Waals surface area contributed by atoms with Crippen molar-refractivity contribution in [1.82, 2.24) is 4.98 Å². The van der Waals surface area contributed by atoms with Gasteiger partial charge in [0.15, 0.2) is 0 Å². The Morgan fingerprint density at radius 3 is 2.46 bits per heavy atom. The molecule has 3 aromatic rings. The number of non-ortho nitro benzene ring substituents is 1. The first-order valence-electron chi connectivity index (χ1n) is 9.02. The fourth-order valence-corrected chi connectivity index (χ4v) is 4.81. The Labute approximate surface area is 156 Å². The summed E-state index contributed by atoms with van der Waals surface area (Å²) in [5, 5.41) is 13.2. The van der Waals surface area contributed by atoms with Gasteiger partial charge in [-0.05, 0) is 30.4 Å². The summed E-state index contributed by atoms with van der Waals surface area (Å²) in [6.07, 6.45) is 8.22. The summed E-state index contributed by atoms with van der Waals surface area (Å²) in [5.74, 6) is 0.508. The molecule has 132 valence electrons. The third-order valence-electron chi connectivity index (χ3n) is 5.04. The summed E-state index contributed by atoms with van der Waals surface area (Å²) in [5.41, 5.74) is 1.31. The van der Waals surface area contributed by atoms with Crippen molar-refractivity contribution in [2.45, 2.75) is 47.8 Å². The first-order chi connectivity index (χ1) is 12.7. The summed E-state index contributed by atoms with van der Waals surface area (Å²) in [6.45, 7) is 0. The number of benzene rings is 2. The van der Waals surface area contributed by atoms with Gasteiger partial charge in [0.1, 0.15) is 0 Å². The van der Waals surface area contributed by atoms with Crippen LogP contribution in [-0.2, 0) is 0 Å². The molecule has 26 heavy (non-hydrogen) atoms. The highest BCUT2D eigenvalue weighted by atomic mass is 32.2. The van der Waals surface area contributed by atoms with Gasteiger partial charge in [0.05, 0.1) is 10.6 Å². The second kappa shape index (κ2) is 7.46. The maximum Gasteiger partial charge on any atom is 0.269 e. The third-order valence-corrected chi connectivity index (χ3v) is 6.18. The van der Waals surface area contributed by atoms with Crippen LogP contribution in [0.5, 0.6) is 0 Å². The third kappa shape index (κ3) is 3.44. The number of nitrogens with zero attached hydrogens (tertiary/aromatic N) is 2. The van der Waals surface area contributed by atoms with Gasteiger partial charge in [0, 0.05) is 39.4 Å². The normalized spacial score (nSPS) is 15.2. The summed E-state index contributed by atoms with van der Waals surface area (Å²) in [7, 11) is 0. The Balaban J connectivity index is 1.76. The number of fused-ring (bicyclic) bond motifs is 1. The Bertz CT molecular complexity index is 934. The molecule has 0 unspecified atom stereocenters. The highest BCUT2D eigenvalue weighted by molar-refractivity contribution is 7.99. The van der Waals surface area contributed by atoms with E-state index in [1.807, 2.05) is 24.4 Å². The van der Waals surface area contributed by atoms with Crippen LogP contribution in [0.1, 0.15) is 43.7 Å². The smallest absolute Gasteiger partial charge is 0.259 e. The Kier molecular flexibility index (Phi) is 4.89. The minimum Gasteiger partial charge on any atom is -0.259 e. The number of rotatable bonds is 4. The van der Waals surface area contributed by atoms with Gasteiger partial charge in [-0.1, -0.05) is 55.3 Å². The lowest BCUT2D eigenvalue weighted by molar-refractivity contribution is -0.384. The van der Waals surface area contributed by atoms with Crippen molar-refractivity contribution in [1.29, 1.82) is 0 Å². The fraction of sp³-hybridized carbons (Fsp3) is 0.286. The molecule has 1 aliphatic rings. The van der Waals surface area contributed by atoms with E-state index in [1.54, 1.807) is 23.9 Å². The fourth-order valence-electron chi connectivity index (χ4n) is 3.68. The van der Waals surface area contributed by atoms with E-state index in [0.717, 1.165) is 10.3 Å². The highest BCUT2D eigenvalue weighted by Crippen LogP contribution is 2.42. The number of nitro benzene ring substituents is 1. The van der Waals surface area contributed by atoms with Crippen LogP contribution in [0.25, 0.3) is 10.8 Å². The van der Waals surface area contributed by atoms with E-state index in [0.29, 0.717) is 5.92 Å². The molecular weight excluding hydrogens is 344 g/mol. The van der Waals surface area contributed by atoms with Crippen LogP contribution in [0.2, 0.25) is 0 Å². The van der Waals surface area contributed by atoms with E-state index >= 15 is 0 Å². The van der Waals surface area contributed by atoms with Crippen LogP contribution >= 0.6 is 11.8 Å². The molecule has 4 nitrogen and oxygen atoms in total. The molecule has 1 heterocycles. The molecule has 0 bridgehead atoms. The lowest BCUT2D eigenvalue weighted by atomic mass is 9.86. The van der Waals surface area contributed by atoms with Crippen molar-refractivity contribution >= 4 is 28.2 Å². The number of hydrogen-bond acceptors (Lipinski definition) is 4. The molecule has 0 aliphatic heterocycles. The van der Waals surface area contributed by atoms with E-state index in [1.165, 1.54) is 48.1 Å². The number of nitro groups is 1. The average molecular weight is 364 g/mol. The van der Waals surface area contributed by atoms with Gasteiger partial charge in [-0.2, -0.15) is 0 Å². The lowest BCUT2D eigenvalue weighted by Crippen LogP contribution is -2.08. The Hall–Kier alpha value is -2.40. The highest BCUT2D eigenvalue weighted by Gasteiger charge is 2.22. The van der Waals surface area contributed by atoms with Gasteiger partial charge in [-0.15, -0.1) is 0 Å².